The molecule has 16 heavy (non-hydrogen) atoms. The fourth-order valence-corrected chi connectivity index (χ4v) is 2.33. The molecule has 4 heteroatoms. The van der Waals surface area contributed by atoms with E-state index in [4.69, 9.17) is 0 Å². The zero-order valence-electron chi connectivity index (χ0n) is 9.21. The second-order valence-electron chi connectivity index (χ2n) is 4.50. The maximum absolute atomic E-state index is 13.6. The summed E-state index contributed by atoms with van der Waals surface area (Å²) in [5.74, 6) is -1.29. The maximum Gasteiger partial charge on any atom is 0.132 e. The van der Waals surface area contributed by atoms with Crippen LogP contribution in [0, 0.1) is 11.6 Å². The van der Waals surface area contributed by atoms with Gasteiger partial charge in [-0.1, -0.05) is 6.07 Å². The van der Waals surface area contributed by atoms with Crippen LogP contribution in [-0.4, -0.2) is 30.1 Å². The summed E-state index contributed by atoms with van der Waals surface area (Å²) < 4.78 is 26.4. The second kappa shape index (κ2) is 4.11. The largest absolute Gasteiger partial charge is 0.384 e. The molecular formula is C12H15F2NO. The minimum Gasteiger partial charge on any atom is -0.384 e. The van der Waals surface area contributed by atoms with Crippen molar-refractivity contribution in [2.24, 2.45) is 0 Å². The van der Waals surface area contributed by atoms with Gasteiger partial charge < -0.3 is 10.0 Å². The van der Waals surface area contributed by atoms with Gasteiger partial charge in [0.2, 0.25) is 0 Å². The molecule has 1 saturated heterocycles. The van der Waals surface area contributed by atoms with Gasteiger partial charge in [-0.15, -0.1) is 0 Å². The molecule has 2 nitrogen and oxygen atoms in total. The number of rotatable bonds is 1. The number of nitrogens with zero attached hydrogens (tertiary/aromatic N) is 1. The van der Waals surface area contributed by atoms with Gasteiger partial charge in [0.1, 0.15) is 17.2 Å². The van der Waals surface area contributed by atoms with E-state index in [1.54, 1.807) is 0 Å². The van der Waals surface area contributed by atoms with Crippen molar-refractivity contribution in [2.45, 2.75) is 18.4 Å². The molecule has 1 aliphatic rings. The van der Waals surface area contributed by atoms with E-state index < -0.39 is 17.2 Å². The summed E-state index contributed by atoms with van der Waals surface area (Å²) in [4.78, 5) is 1.95. The number of β-amino-alcohol motifs (C(OH)–C–C–N with tert-alkyl or cyclic N) is 1. The van der Waals surface area contributed by atoms with Gasteiger partial charge in [-0.3, -0.25) is 0 Å². The van der Waals surface area contributed by atoms with Crippen LogP contribution in [0.15, 0.2) is 18.2 Å². The summed E-state index contributed by atoms with van der Waals surface area (Å²) in [5.41, 5.74) is -0.995. The van der Waals surface area contributed by atoms with Crippen LogP contribution < -0.4 is 0 Å². The van der Waals surface area contributed by atoms with E-state index in [0.29, 0.717) is 13.0 Å². The van der Waals surface area contributed by atoms with Crippen LogP contribution in [0.2, 0.25) is 0 Å². The Balaban J connectivity index is 2.34. The molecule has 1 aromatic carbocycles. The van der Waals surface area contributed by atoms with Crippen molar-refractivity contribution >= 4 is 0 Å². The molecular weight excluding hydrogens is 212 g/mol. The van der Waals surface area contributed by atoms with Gasteiger partial charge in [0, 0.05) is 18.2 Å². The maximum atomic E-state index is 13.6. The number of hydrogen-bond acceptors (Lipinski definition) is 2. The highest BCUT2D eigenvalue weighted by Crippen LogP contribution is 2.32. The zero-order chi connectivity index (χ0) is 11.8. The first-order valence-electron chi connectivity index (χ1n) is 5.38. The molecule has 0 bridgehead atoms. The third-order valence-corrected chi connectivity index (χ3v) is 3.09. The van der Waals surface area contributed by atoms with Gasteiger partial charge in [0.05, 0.1) is 0 Å². The van der Waals surface area contributed by atoms with E-state index in [2.05, 4.69) is 0 Å². The molecule has 0 radical (unpaired) electrons. The van der Waals surface area contributed by atoms with Gasteiger partial charge in [0.15, 0.2) is 0 Å². The third kappa shape index (κ3) is 2.08. The summed E-state index contributed by atoms with van der Waals surface area (Å²) >= 11 is 0. The number of likely N-dealkylation sites (tertiary alicyclic amines) is 1. The summed E-state index contributed by atoms with van der Waals surface area (Å²) in [7, 11) is 1.88. The summed E-state index contributed by atoms with van der Waals surface area (Å²) in [6.45, 7) is 1.28. The molecule has 88 valence electrons. The molecule has 1 atom stereocenters. The Bertz CT molecular complexity index is 397. The third-order valence-electron chi connectivity index (χ3n) is 3.09. The molecule has 1 aromatic rings. The van der Waals surface area contributed by atoms with Crippen molar-refractivity contribution in [1.29, 1.82) is 0 Å². The van der Waals surface area contributed by atoms with E-state index in [9.17, 15) is 13.9 Å². The average molecular weight is 227 g/mol. The SMILES string of the molecule is CN1CCCC(O)(c2ccc(F)cc2F)C1. The first-order valence-corrected chi connectivity index (χ1v) is 5.38. The van der Waals surface area contributed by atoms with Crippen molar-refractivity contribution in [3.8, 4) is 0 Å². The highest BCUT2D eigenvalue weighted by molar-refractivity contribution is 5.26. The fourth-order valence-electron chi connectivity index (χ4n) is 2.33. The van der Waals surface area contributed by atoms with Gasteiger partial charge in [-0.2, -0.15) is 0 Å². The molecule has 1 unspecified atom stereocenters. The normalized spacial score (nSPS) is 27.0. The molecule has 0 aliphatic carbocycles. The molecule has 2 rings (SSSR count). The molecule has 0 amide bonds. The van der Waals surface area contributed by atoms with Crippen LogP contribution in [0.3, 0.4) is 0 Å². The quantitative estimate of drug-likeness (QED) is 0.791. The molecule has 1 N–H and O–H groups in total. The monoisotopic (exact) mass is 227 g/mol. The van der Waals surface area contributed by atoms with Crippen molar-refractivity contribution in [2.75, 3.05) is 20.1 Å². The van der Waals surface area contributed by atoms with Gasteiger partial charge in [-0.05, 0) is 32.5 Å². The minimum absolute atomic E-state index is 0.195. The Labute approximate surface area is 93.5 Å². The van der Waals surface area contributed by atoms with E-state index in [1.807, 2.05) is 11.9 Å². The Morgan fingerprint density at radius 2 is 2.12 bits per heavy atom. The average Bonchev–Trinajstić information content (AvgIpc) is 2.16. The number of likely N-dealkylation sites (N-methyl/N-ethyl adjacent to an activating group) is 1. The smallest absolute Gasteiger partial charge is 0.132 e. The predicted octanol–water partition coefficient (Wildman–Crippen LogP) is 1.88. The van der Waals surface area contributed by atoms with Crippen molar-refractivity contribution < 1.29 is 13.9 Å². The number of hydrogen-bond donors (Lipinski definition) is 1. The van der Waals surface area contributed by atoms with Crippen molar-refractivity contribution in [3.63, 3.8) is 0 Å². The fraction of sp³-hybridized carbons (Fsp3) is 0.500. The lowest BCUT2D eigenvalue weighted by molar-refractivity contribution is -0.0304. The number of piperidine rings is 1. The highest BCUT2D eigenvalue weighted by Gasteiger charge is 2.35. The van der Waals surface area contributed by atoms with E-state index in [1.165, 1.54) is 12.1 Å². The lowest BCUT2D eigenvalue weighted by Gasteiger charge is -2.37. The summed E-state index contributed by atoms with van der Waals surface area (Å²) in [6, 6.07) is 3.34. The first-order chi connectivity index (χ1) is 7.51. The van der Waals surface area contributed by atoms with Gasteiger partial charge in [0.25, 0.3) is 0 Å². The topological polar surface area (TPSA) is 23.5 Å². The predicted molar refractivity (Wildman–Crippen MR) is 57.0 cm³/mol. The van der Waals surface area contributed by atoms with Crippen LogP contribution in [0.1, 0.15) is 18.4 Å². The van der Waals surface area contributed by atoms with Crippen LogP contribution in [0.25, 0.3) is 0 Å². The van der Waals surface area contributed by atoms with Crippen molar-refractivity contribution in [1.82, 2.24) is 4.90 Å². The Morgan fingerprint density at radius 3 is 2.75 bits per heavy atom. The number of benzene rings is 1. The first kappa shape index (κ1) is 11.5. The standard InChI is InChI=1S/C12H15F2NO/c1-15-6-2-5-12(16,8-15)10-4-3-9(13)7-11(10)14/h3-4,7,16H,2,5-6,8H2,1H3. The van der Waals surface area contributed by atoms with Gasteiger partial charge >= 0.3 is 0 Å². The summed E-state index contributed by atoms with van der Waals surface area (Å²) in [5, 5.41) is 10.4. The van der Waals surface area contributed by atoms with Crippen molar-refractivity contribution in [3.05, 3.63) is 35.4 Å². The van der Waals surface area contributed by atoms with Crippen LogP contribution in [0.5, 0.6) is 0 Å². The molecule has 0 spiro atoms. The molecule has 1 heterocycles. The van der Waals surface area contributed by atoms with Crippen LogP contribution in [-0.2, 0) is 5.60 Å². The zero-order valence-corrected chi connectivity index (χ0v) is 9.21. The lowest BCUT2D eigenvalue weighted by Crippen LogP contribution is -2.44. The van der Waals surface area contributed by atoms with E-state index in [0.717, 1.165) is 19.0 Å². The van der Waals surface area contributed by atoms with Crippen LogP contribution >= 0.6 is 0 Å². The number of halogens is 2. The second-order valence-corrected chi connectivity index (χ2v) is 4.50. The van der Waals surface area contributed by atoms with E-state index >= 15 is 0 Å². The summed E-state index contributed by atoms with van der Waals surface area (Å²) in [6.07, 6.45) is 1.32. The Morgan fingerprint density at radius 1 is 1.38 bits per heavy atom. The minimum atomic E-state index is -1.19. The highest BCUT2D eigenvalue weighted by atomic mass is 19.1. The molecule has 1 aliphatic heterocycles. The number of aliphatic hydroxyl groups is 1. The van der Waals surface area contributed by atoms with E-state index in [-0.39, 0.29) is 5.56 Å². The van der Waals surface area contributed by atoms with Gasteiger partial charge in [-0.25, -0.2) is 8.78 Å². The molecule has 0 aromatic heterocycles. The molecule has 1 fully saturated rings. The van der Waals surface area contributed by atoms with Crippen LogP contribution in [0.4, 0.5) is 8.78 Å². The Hall–Kier alpha value is -1.00. The molecule has 0 saturated carbocycles. The lowest BCUT2D eigenvalue weighted by atomic mass is 9.85. The Kier molecular flexibility index (Phi) is 2.95.